The minimum atomic E-state index is -0.151. The van der Waals surface area contributed by atoms with Gasteiger partial charge in [0.2, 0.25) is 5.78 Å². The van der Waals surface area contributed by atoms with Crippen LogP contribution in [0.25, 0.3) is 0 Å². The zero-order valence-electron chi connectivity index (χ0n) is 9.90. The second-order valence-corrected chi connectivity index (χ2v) is 3.67. The minimum absolute atomic E-state index is 0.151. The van der Waals surface area contributed by atoms with Gasteiger partial charge in [-0.25, -0.2) is 0 Å². The maximum Gasteiger partial charge on any atom is 0.231 e. The quantitative estimate of drug-likeness (QED) is 0.757. The van der Waals surface area contributed by atoms with E-state index in [1.54, 1.807) is 24.3 Å². The van der Waals surface area contributed by atoms with Gasteiger partial charge < -0.3 is 9.15 Å². The van der Waals surface area contributed by atoms with E-state index in [0.29, 0.717) is 23.7 Å². The van der Waals surface area contributed by atoms with Crippen LogP contribution >= 0.6 is 0 Å². The summed E-state index contributed by atoms with van der Waals surface area (Å²) in [6.07, 6.45) is 0. The summed E-state index contributed by atoms with van der Waals surface area (Å²) in [4.78, 5) is 12.2. The SMILES string of the molecule is CCOc1ccccc1C(=O)c1ccc(C)o1. The van der Waals surface area contributed by atoms with E-state index in [2.05, 4.69) is 0 Å². The molecule has 0 spiro atoms. The Kier molecular flexibility index (Phi) is 3.28. The van der Waals surface area contributed by atoms with Crippen LogP contribution in [0.1, 0.15) is 28.8 Å². The molecule has 0 atom stereocenters. The van der Waals surface area contributed by atoms with Gasteiger partial charge in [0.05, 0.1) is 12.2 Å². The molecule has 88 valence electrons. The first-order valence-corrected chi connectivity index (χ1v) is 5.55. The molecular weight excluding hydrogens is 216 g/mol. The van der Waals surface area contributed by atoms with Crippen LogP contribution in [-0.4, -0.2) is 12.4 Å². The van der Waals surface area contributed by atoms with Crippen molar-refractivity contribution in [2.75, 3.05) is 6.61 Å². The zero-order chi connectivity index (χ0) is 12.3. The topological polar surface area (TPSA) is 39.4 Å². The number of ketones is 1. The third-order valence-electron chi connectivity index (χ3n) is 2.40. The molecule has 0 N–H and O–H groups in total. The van der Waals surface area contributed by atoms with Crippen LogP contribution < -0.4 is 4.74 Å². The number of aryl methyl sites for hydroxylation is 1. The van der Waals surface area contributed by atoms with E-state index < -0.39 is 0 Å². The molecule has 0 radical (unpaired) electrons. The normalized spacial score (nSPS) is 10.2. The van der Waals surface area contributed by atoms with Crippen LogP contribution in [0.3, 0.4) is 0 Å². The number of hydrogen-bond acceptors (Lipinski definition) is 3. The third kappa shape index (κ3) is 2.38. The van der Waals surface area contributed by atoms with Crippen molar-refractivity contribution in [1.82, 2.24) is 0 Å². The van der Waals surface area contributed by atoms with Gasteiger partial charge in [0.1, 0.15) is 11.5 Å². The van der Waals surface area contributed by atoms with Gasteiger partial charge in [-0.3, -0.25) is 4.79 Å². The van der Waals surface area contributed by atoms with E-state index in [9.17, 15) is 4.79 Å². The highest BCUT2D eigenvalue weighted by atomic mass is 16.5. The van der Waals surface area contributed by atoms with E-state index in [0.717, 1.165) is 5.76 Å². The second kappa shape index (κ2) is 4.87. The van der Waals surface area contributed by atoms with E-state index in [-0.39, 0.29) is 5.78 Å². The van der Waals surface area contributed by atoms with Gasteiger partial charge in [0.15, 0.2) is 5.76 Å². The Morgan fingerprint density at radius 3 is 2.65 bits per heavy atom. The van der Waals surface area contributed by atoms with E-state index in [1.165, 1.54) is 0 Å². The second-order valence-electron chi connectivity index (χ2n) is 3.67. The molecule has 0 fully saturated rings. The van der Waals surface area contributed by atoms with Crippen molar-refractivity contribution in [2.45, 2.75) is 13.8 Å². The maximum atomic E-state index is 12.2. The molecule has 0 amide bonds. The fourth-order valence-corrected chi connectivity index (χ4v) is 1.62. The average Bonchev–Trinajstić information content (AvgIpc) is 2.76. The van der Waals surface area contributed by atoms with Crippen molar-refractivity contribution in [3.63, 3.8) is 0 Å². The molecule has 0 bridgehead atoms. The molecule has 0 aliphatic rings. The summed E-state index contributed by atoms with van der Waals surface area (Å²) < 4.78 is 10.8. The predicted octanol–water partition coefficient (Wildman–Crippen LogP) is 3.22. The third-order valence-corrected chi connectivity index (χ3v) is 2.40. The monoisotopic (exact) mass is 230 g/mol. The lowest BCUT2D eigenvalue weighted by Gasteiger charge is -2.07. The summed E-state index contributed by atoms with van der Waals surface area (Å²) in [5.74, 6) is 1.51. The lowest BCUT2D eigenvalue weighted by atomic mass is 10.1. The van der Waals surface area contributed by atoms with Crippen molar-refractivity contribution in [1.29, 1.82) is 0 Å². The van der Waals surface area contributed by atoms with Gasteiger partial charge in [-0.15, -0.1) is 0 Å². The van der Waals surface area contributed by atoms with Gasteiger partial charge in [-0.1, -0.05) is 12.1 Å². The Bertz CT molecular complexity index is 526. The smallest absolute Gasteiger partial charge is 0.231 e. The minimum Gasteiger partial charge on any atom is -0.493 e. The Labute approximate surface area is 100 Å². The number of carbonyl (C=O) groups excluding carboxylic acids is 1. The average molecular weight is 230 g/mol. The lowest BCUT2D eigenvalue weighted by molar-refractivity contribution is 0.100. The van der Waals surface area contributed by atoms with Crippen LogP contribution in [0.2, 0.25) is 0 Å². The molecule has 0 aliphatic heterocycles. The Hall–Kier alpha value is -2.03. The molecule has 0 saturated heterocycles. The number of para-hydroxylation sites is 1. The van der Waals surface area contributed by atoms with Crippen molar-refractivity contribution in [3.05, 3.63) is 53.5 Å². The standard InChI is InChI=1S/C14H14O3/c1-3-16-12-7-5-4-6-11(12)14(15)13-9-8-10(2)17-13/h4-9H,3H2,1-2H3. The summed E-state index contributed by atoms with van der Waals surface area (Å²) in [6.45, 7) is 4.23. The lowest BCUT2D eigenvalue weighted by Crippen LogP contribution is -2.04. The summed E-state index contributed by atoms with van der Waals surface area (Å²) in [6, 6.07) is 10.6. The number of ether oxygens (including phenoxy) is 1. The number of rotatable bonds is 4. The summed E-state index contributed by atoms with van der Waals surface area (Å²) in [5, 5.41) is 0. The predicted molar refractivity (Wildman–Crippen MR) is 64.5 cm³/mol. The highest BCUT2D eigenvalue weighted by molar-refractivity contribution is 6.08. The molecule has 3 heteroatoms. The molecule has 2 rings (SSSR count). The molecular formula is C14H14O3. The first-order chi connectivity index (χ1) is 8.22. The Morgan fingerprint density at radius 1 is 1.24 bits per heavy atom. The van der Waals surface area contributed by atoms with Gasteiger partial charge in [-0.2, -0.15) is 0 Å². The van der Waals surface area contributed by atoms with E-state index in [1.807, 2.05) is 26.0 Å². The summed E-state index contributed by atoms with van der Waals surface area (Å²) >= 11 is 0. The Balaban J connectivity index is 2.36. The van der Waals surface area contributed by atoms with E-state index >= 15 is 0 Å². The van der Waals surface area contributed by atoms with Crippen LogP contribution in [0.4, 0.5) is 0 Å². The number of carbonyl (C=O) groups is 1. The Morgan fingerprint density at radius 2 is 2.00 bits per heavy atom. The molecule has 1 aromatic carbocycles. The van der Waals surface area contributed by atoms with Crippen LogP contribution in [-0.2, 0) is 0 Å². The van der Waals surface area contributed by atoms with Gasteiger partial charge in [-0.05, 0) is 38.1 Å². The number of benzene rings is 1. The highest BCUT2D eigenvalue weighted by Gasteiger charge is 2.16. The number of hydrogen-bond donors (Lipinski definition) is 0. The van der Waals surface area contributed by atoms with Crippen molar-refractivity contribution in [3.8, 4) is 5.75 Å². The molecule has 0 unspecified atom stereocenters. The fourth-order valence-electron chi connectivity index (χ4n) is 1.62. The molecule has 2 aromatic rings. The van der Waals surface area contributed by atoms with Gasteiger partial charge in [0.25, 0.3) is 0 Å². The van der Waals surface area contributed by atoms with Crippen molar-refractivity contribution >= 4 is 5.78 Å². The summed E-state index contributed by atoms with van der Waals surface area (Å²) in [5.41, 5.74) is 0.531. The summed E-state index contributed by atoms with van der Waals surface area (Å²) in [7, 11) is 0. The van der Waals surface area contributed by atoms with Crippen LogP contribution in [0.5, 0.6) is 5.75 Å². The van der Waals surface area contributed by atoms with Crippen LogP contribution in [0, 0.1) is 6.92 Å². The number of furan rings is 1. The fraction of sp³-hybridized carbons (Fsp3) is 0.214. The zero-order valence-corrected chi connectivity index (χ0v) is 9.90. The van der Waals surface area contributed by atoms with Gasteiger partial charge in [0, 0.05) is 0 Å². The first kappa shape index (κ1) is 11.5. The highest BCUT2D eigenvalue weighted by Crippen LogP contribution is 2.22. The van der Waals surface area contributed by atoms with Crippen LogP contribution in [0.15, 0.2) is 40.8 Å². The molecule has 1 heterocycles. The van der Waals surface area contributed by atoms with Crippen molar-refractivity contribution < 1.29 is 13.9 Å². The van der Waals surface area contributed by atoms with Gasteiger partial charge >= 0.3 is 0 Å². The molecule has 1 aromatic heterocycles. The molecule has 3 nitrogen and oxygen atoms in total. The van der Waals surface area contributed by atoms with Crippen molar-refractivity contribution in [2.24, 2.45) is 0 Å². The first-order valence-electron chi connectivity index (χ1n) is 5.55. The molecule has 17 heavy (non-hydrogen) atoms. The maximum absolute atomic E-state index is 12.2. The van der Waals surface area contributed by atoms with E-state index in [4.69, 9.17) is 9.15 Å². The molecule has 0 aliphatic carbocycles. The largest absolute Gasteiger partial charge is 0.493 e. The molecule has 0 saturated carbocycles.